The van der Waals surface area contributed by atoms with Crippen LogP contribution < -0.4 is 0 Å². The molecular formula is C87H136O17P2. The zero-order chi connectivity index (χ0) is 77.4. The van der Waals surface area contributed by atoms with E-state index in [-0.39, 0.29) is 25.7 Å². The molecule has 5 unspecified atom stereocenters. The van der Waals surface area contributed by atoms with Gasteiger partial charge in [0, 0.05) is 19.3 Å². The Hall–Kier alpha value is -6.36. The van der Waals surface area contributed by atoms with E-state index in [0.717, 1.165) is 128 Å². The van der Waals surface area contributed by atoms with E-state index in [9.17, 15) is 43.2 Å². The van der Waals surface area contributed by atoms with Gasteiger partial charge in [-0.25, -0.2) is 9.13 Å². The Morgan fingerprint density at radius 1 is 0.283 bits per heavy atom. The highest BCUT2D eigenvalue weighted by atomic mass is 31.2. The lowest BCUT2D eigenvalue weighted by atomic mass is 10.1. The summed E-state index contributed by atoms with van der Waals surface area (Å²) < 4.78 is 68.3. The van der Waals surface area contributed by atoms with Gasteiger partial charge in [-0.2, -0.15) is 0 Å². The van der Waals surface area contributed by atoms with Gasteiger partial charge in [0.2, 0.25) is 0 Å². The lowest BCUT2D eigenvalue weighted by molar-refractivity contribution is -0.161. The van der Waals surface area contributed by atoms with Crippen LogP contribution in [-0.4, -0.2) is 96.7 Å². The van der Waals surface area contributed by atoms with Crippen molar-refractivity contribution >= 4 is 39.5 Å². The molecule has 0 heterocycles. The maximum Gasteiger partial charge on any atom is 0.472 e. The van der Waals surface area contributed by atoms with Gasteiger partial charge < -0.3 is 33.8 Å². The number of allylic oxidation sites excluding steroid dienone is 33. The third-order valence-electron chi connectivity index (χ3n) is 15.3. The van der Waals surface area contributed by atoms with Crippen LogP contribution in [0.1, 0.15) is 259 Å². The minimum atomic E-state index is -5.03. The van der Waals surface area contributed by atoms with Crippen LogP contribution in [0.25, 0.3) is 0 Å². The molecule has 3 N–H and O–H groups in total. The fraction of sp³-hybridized carbons (Fsp3) is 0.563. The molecule has 0 aliphatic rings. The van der Waals surface area contributed by atoms with Crippen molar-refractivity contribution in [2.45, 2.75) is 277 Å². The van der Waals surface area contributed by atoms with E-state index in [1.54, 1.807) is 12.2 Å². The molecule has 0 aliphatic heterocycles. The van der Waals surface area contributed by atoms with Crippen molar-refractivity contribution in [3.05, 3.63) is 207 Å². The summed E-state index contributed by atoms with van der Waals surface area (Å²) in [5.41, 5.74) is 0. The molecule has 0 rings (SSSR count). The summed E-state index contributed by atoms with van der Waals surface area (Å²) in [6, 6.07) is 0. The Morgan fingerprint density at radius 2 is 0.557 bits per heavy atom. The van der Waals surface area contributed by atoms with Crippen LogP contribution in [0.5, 0.6) is 0 Å². The molecule has 0 aromatic heterocycles. The summed E-state index contributed by atoms with van der Waals surface area (Å²) in [6.45, 7) is 4.21. The van der Waals surface area contributed by atoms with Gasteiger partial charge in [-0.05, 0) is 154 Å². The number of rotatable bonds is 71. The molecule has 106 heavy (non-hydrogen) atoms. The van der Waals surface area contributed by atoms with E-state index < -0.39 is 97.5 Å². The minimum Gasteiger partial charge on any atom is -0.462 e. The first-order chi connectivity index (χ1) is 51.7. The summed E-state index contributed by atoms with van der Waals surface area (Å²) in [6.07, 6.45) is 95.8. The highest BCUT2D eigenvalue weighted by Gasteiger charge is 2.30. The molecule has 19 heteroatoms. The quantitative estimate of drug-likeness (QED) is 0.0169. The Morgan fingerprint density at radius 3 is 0.934 bits per heavy atom. The van der Waals surface area contributed by atoms with Crippen LogP contribution in [0.2, 0.25) is 0 Å². The first-order valence-electron chi connectivity index (χ1n) is 39.3. The fourth-order valence-corrected chi connectivity index (χ4v) is 11.0. The lowest BCUT2D eigenvalue weighted by Crippen LogP contribution is -2.30. The van der Waals surface area contributed by atoms with E-state index in [1.165, 1.54) is 38.5 Å². The summed E-state index contributed by atoms with van der Waals surface area (Å²) in [4.78, 5) is 72.9. The molecule has 0 bridgehead atoms. The van der Waals surface area contributed by atoms with Crippen LogP contribution in [0, 0.1) is 0 Å². The molecule has 0 saturated carbocycles. The van der Waals surface area contributed by atoms with Crippen molar-refractivity contribution in [1.29, 1.82) is 0 Å². The minimum absolute atomic E-state index is 0.00669. The van der Waals surface area contributed by atoms with E-state index in [2.05, 4.69) is 180 Å². The van der Waals surface area contributed by atoms with E-state index in [4.69, 9.17) is 37.0 Å². The largest absolute Gasteiger partial charge is 0.472 e. The molecule has 0 fully saturated rings. The Labute approximate surface area is 639 Å². The first-order valence-corrected chi connectivity index (χ1v) is 42.3. The number of phosphoric ester groups is 2. The molecular weight excluding hydrogens is 1380 g/mol. The van der Waals surface area contributed by atoms with E-state index in [0.29, 0.717) is 38.5 Å². The average molecular weight is 1520 g/mol. The highest BCUT2D eigenvalue weighted by Crippen LogP contribution is 2.45. The van der Waals surface area contributed by atoms with Crippen molar-refractivity contribution in [1.82, 2.24) is 0 Å². The van der Waals surface area contributed by atoms with Crippen molar-refractivity contribution in [3.8, 4) is 0 Å². The highest BCUT2D eigenvalue weighted by molar-refractivity contribution is 7.47. The second-order valence-corrected chi connectivity index (χ2v) is 28.1. The van der Waals surface area contributed by atoms with Crippen LogP contribution in [0.3, 0.4) is 0 Å². The van der Waals surface area contributed by atoms with Crippen LogP contribution in [0.15, 0.2) is 207 Å². The monoisotopic (exact) mass is 1510 g/mol. The number of esters is 4. The van der Waals surface area contributed by atoms with Crippen LogP contribution in [0.4, 0.5) is 0 Å². The first kappa shape index (κ1) is 99.6. The van der Waals surface area contributed by atoms with E-state index >= 15 is 0 Å². The van der Waals surface area contributed by atoms with Crippen molar-refractivity contribution < 1.29 is 80.2 Å². The lowest BCUT2D eigenvalue weighted by Gasteiger charge is -2.21. The zero-order valence-corrected chi connectivity index (χ0v) is 66.8. The van der Waals surface area contributed by atoms with Gasteiger partial charge in [0.15, 0.2) is 12.2 Å². The molecule has 0 radical (unpaired) electrons. The van der Waals surface area contributed by atoms with Crippen LogP contribution in [-0.2, 0) is 65.4 Å². The van der Waals surface area contributed by atoms with E-state index in [1.807, 2.05) is 42.5 Å². The number of aliphatic hydroxyl groups excluding tert-OH is 1. The Kier molecular flexibility index (Phi) is 72.2. The number of phosphoric acid groups is 2. The van der Waals surface area contributed by atoms with Gasteiger partial charge in [-0.15, -0.1) is 0 Å². The number of carbonyl (C=O) groups is 4. The fourth-order valence-electron chi connectivity index (χ4n) is 9.41. The number of hydrogen-bond acceptors (Lipinski definition) is 15. The maximum absolute atomic E-state index is 13.1. The normalized spacial score (nSPS) is 15.0. The topological polar surface area (TPSA) is 237 Å². The standard InChI is InChI=1S/C87H136O17P2/c1-5-9-13-17-21-25-29-33-37-39-40-42-46-48-52-56-60-64-68-72-85(90)98-78-83(104-87(92)74-70-66-62-58-54-50-44-36-32-28-24-20-16-12-8-4)80-102-106(95,96)100-76-81(88)75-99-105(93,94)101-79-82(103-86(91)73-69-65-61-57-53-49-43-35-31-27-23-19-15-11-7-3)77-97-84(89)71-67-63-59-55-51-47-45-41-38-34-30-26-22-18-14-10-6-2/h9-10,12-14,16,21-22,24-26,28,33-38,40,42-45,47-48,52,54-55,58-60,64,66,70,81-83,88H,5-8,11,15,17-20,23,27,29-32,39,41,46,49-51,53,56-57,61-63,65,67-69,71-80H2,1-4H3,(H,93,94)(H,95,96)/b13-9-,14-10-,16-12-,25-21-,26-22-,28-24-,37-33-,38-34-,42-40-,43-35-,44-36-,47-45-,52-48-,58-54-,59-55-,64-60-,70-66-. The van der Waals surface area contributed by atoms with Crippen molar-refractivity contribution in [2.75, 3.05) is 39.6 Å². The molecule has 0 aromatic carbocycles. The van der Waals surface area contributed by atoms with Crippen molar-refractivity contribution in [2.24, 2.45) is 0 Å². The summed E-state index contributed by atoms with van der Waals surface area (Å²) in [5.74, 6) is -2.53. The number of carbonyl (C=O) groups excluding carboxylic acids is 4. The molecule has 0 spiro atoms. The van der Waals surface area contributed by atoms with Gasteiger partial charge in [-0.3, -0.25) is 37.3 Å². The number of hydrogen-bond donors (Lipinski definition) is 3. The number of unbranched alkanes of at least 4 members (excludes halogenated alkanes) is 12. The third kappa shape index (κ3) is 75.9. The molecule has 0 aliphatic carbocycles. The maximum atomic E-state index is 13.1. The molecule has 0 aromatic rings. The summed E-state index contributed by atoms with van der Waals surface area (Å²) >= 11 is 0. The Bertz CT molecular complexity index is 2830. The smallest absolute Gasteiger partial charge is 0.462 e. The molecule has 17 nitrogen and oxygen atoms in total. The van der Waals surface area contributed by atoms with Gasteiger partial charge >= 0.3 is 39.5 Å². The summed E-state index contributed by atoms with van der Waals surface area (Å²) in [7, 11) is -10.0. The second-order valence-electron chi connectivity index (χ2n) is 25.2. The number of ether oxygens (including phenoxy) is 4. The molecule has 596 valence electrons. The van der Waals surface area contributed by atoms with Gasteiger partial charge in [0.1, 0.15) is 19.3 Å². The third-order valence-corrected chi connectivity index (χ3v) is 17.2. The summed E-state index contributed by atoms with van der Waals surface area (Å²) in [5, 5.41) is 10.6. The SMILES string of the molecule is CC/C=C\C/C=C\C/C=C\C/C=C\C/C=C\C/C=C\CCC(=O)OCC(COP(=O)(O)OCC(O)COP(=O)(O)OCC(COC(=O)CCC/C=C\C/C=C\C/C=C\C/C=C\C/C=C\CC)OC(=O)CCCCCCC/C=C\CCCCCCCC)OC(=O)C/C=C\C/C=C\C/C=C\C/C=C\C/C=C\CC. The molecule has 5 atom stereocenters. The predicted molar refractivity (Wildman–Crippen MR) is 435 cm³/mol. The van der Waals surface area contributed by atoms with Crippen molar-refractivity contribution in [3.63, 3.8) is 0 Å². The average Bonchev–Trinajstić information content (AvgIpc) is 0.909. The van der Waals surface area contributed by atoms with Gasteiger partial charge in [-0.1, -0.05) is 286 Å². The zero-order valence-electron chi connectivity index (χ0n) is 65.0. The predicted octanol–water partition coefficient (Wildman–Crippen LogP) is 23.1. The van der Waals surface area contributed by atoms with Gasteiger partial charge in [0.25, 0.3) is 0 Å². The molecule has 0 amide bonds. The molecule has 0 saturated heterocycles. The number of aliphatic hydroxyl groups is 1. The van der Waals surface area contributed by atoms with Crippen LogP contribution >= 0.6 is 15.6 Å². The second kappa shape index (κ2) is 76.8. The Balaban J connectivity index is 5.57. The van der Waals surface area contributed by atoms with Gasteiger partial charge in [0.05, 0.1) is 32.8 Å².